The Kier molecular flexibility index (Phi) is 3.32. The minimum absolute atomic E-state index is 0.241. The second kappa shape index (κ2) is 5.37. The van der Waals surface area contributed by atoms with Crippen LogP contribution in [0, 0.1) is 0 Å². The standard InChI is InChI=1S/C17H11ClN2O2S/c18-11-7-5-10(6-8-11)15-16-14(9-19-17(15)21)23(22)13-4-2-1-3-12(13)20-16/h1-9,20H,(H,19,21). The number of aromatic amines is 1. The van der Waals surface area contributed by atoms with E-state index in [0.717, 1.165) is 11.3 Å². The average Bonchev–Trinajstić information content (AvgIpc) is 2.56. The van der Waals surface area contributed by atoms with Crippen LogP contribution < -0.4 is 10.9 Å². The van der Waals surface area contributed by atoms with E-state index in [9.17, 15) is 9.00 Å². The summed E-state index contributed by atoms with van der Waals surface area (Å²) in [6.07, 6.45) is 1.51. The van der Waals surface area contributed by atoms with E-state index in [4.69, 9.17) is 11.6 Å². The predicted molar refractivity (Wildman–Crippen MR) is 91.9 cm³/mol. The van der Waals surface area contributed by atoms with Crippen molar-refractivity contribution in [2.75, 3.05) is 5.32 Å². The summed E-state index contributed by atoms with van der Waals surface area (Å²) in [5.74, 6) is 0. The van der Waals surface area contributed by atoms with Crippen molar-refractivity contribution in [2.45, 2.75) is 9.79 Å². The third-order valence-electron chi connectivity index (χ3n) is 3.74. The fourth-order valence-electron chi connectivity index (χ4n) is 2.66. The first kappa shape index (κ1) is 14.2. The number of para-hydroxylation sites is 1. The van der Waals surface area contributed by atoms with E-state index in [1.54, 1.807) is 24.3 Å². The van der Waals surface area contributed by atoms with Gasteiger partial charge in [0.2, 0.25) is 0 Å². The van der Waals surface area contributed by atoms with Crippen molar-refractivity contribution >= 4 is 33.8 Å². The summed E-state index contributed by atoms with van der Waals surface area (Å²) in [6.45, 7) is 0. The molecule has 0 saturated carbocycles. The number of fused-ring (bicyclic) bond motifs is 2. The molecule has 3 aromatic rings. The first-order valence-corrected chi connectivity index (χ1v) is 8.47. The van der Waals surface area contributed by atoms with Crippen molar-refractivity contribution in [3.63, 3.8) is 0 Å². The Balaban J connectivity index is 1.98. The number of hydrogen-bond donors (Lipinski definition) is 2. The summed E-state index contributed by atoms with van der Waals surface area (Å²) >= 11 is 5.92. The summed E-state index contributed by atoms with van der Waals surface area (Å²) in [4.78, 5) is 16.3. The van der Waals surface area contributed by atoms with Crippen LogP contribution in [-0.2, 0) is 10.8 Å². The molecule has 0 amide bonds. The van der Waals surface area contributed by atoms with E-state index in [0.29, 0.717) is 26.1 Å². The molecule has 0 fully saturated rings. The largest absolute Gasteiger partial charge is 0.353 e. The Morgan fingerprint density at radius 3 is 2.48 bits per heavy atom. The molecule has 1 atom stereocenters. The molecule has 1 aliphatic rings. The quantitative estimate of drug-likeness (QED) is 0.551. The molecule has 2 N–H and O–H groups in total. The number of nitrogens with one attached hydrogen (secondary N) is 2. The van der Waals surface area contributed by atoms with Crippen LogP contribution in [0.25, 0.3) is 11.1 Å². The van der Waals surface area contributed by atoms with Crippen LogP contribution >= 0.6 is 11.6 Å². The second-order valence-corrected chi connectivity index (χ2v) is 6.98. The molecule has 0 aliphatic carbocycles. The van der Waals surface area contributed by atoms with Crippen LogP contribution in [0.4, 0.5) is 11.4 Å². The molecule has 0 radical (unpaired) electrons. The summed E-state index contributed by atoms with van der Waals surface area (Å²) in [7, 11) is -1.35. The molecule has 23 heavy (non-hydrogen) atoms. The molecular formula is C17H11ClN2O2S. The van der Waals surface area contributed by atoms with Gasteiger partial charge in [0.05, 0.1) is 37.5 Å². The van der Waals surface area contributed by atoms with Crippen molar-refractivity contribution in [1.29, 1.82) is 0 Å². The van der Waals surface area contributed by atoms with Crippen molar-refractivity contribution in [2.24, 2.45) is 0 Å². The Labute approximate surface area is 139 Å². The fraction of sp³-hybridized carbons (Fsp3) is 0. The SMILES string of the molecule is O=c1[nH]cc2c(c1-c1ccc(Cl)cc1)Nc1ccccc1S2=O. The molecule has 114 valence electrons. The van der Waals surface area contributed by atoms with Crippen LogP contribution in [0.5, 0.6) is 0 Å². The number of halogens is 1. The van der Waals surface area contributed by atoms with Crippen molar-refractivity contribution in [3.05, 3.63) is 70.1 Å². The van der Waals surface area contributed by atoms with E-state index in [1.807, 2.05) is 24.3 Å². The number of anilines is 2. The van der Waals surface area contributed by atoms with Gasteiger partial charge in [0.1, 0.15) is 0 Å². The third kappa shape index (κ3) is 2.29. The number of H-pyrrole nitrogens is 1. The van der Waals surface area contributed by atoms with Gasteiger partial charge in [-0.25, -0.2) is 4.21 Å². The number of pyridine rings is 1. The minimum Gasteiger partial charge on any atom is -0.353 e. The highest BCUT2D eigenvalue weighted by atomic mass is 35.5. The van der Waals surface area contributed by atoms with Crippen molar-refractivity contribution in [1.82, 2.24) is 4.98 Å². The first-order chi connectivity index (χ1) is 11.1. The average molecular weight is 343 g/mol. The van der Waals surface area contributed by atoms with Crippen LogP contribution in [0.3, 0.4) is 0 Å². The molecule has 4 nitrogen and oxygen atoms in total. The Hall–Kier alpha value is -2.37. The lowest BCUT2D eigenvalue weighted by molar-refractivity contribution is 0.682. The first-order valence-electron chi connectivity index (χ1n) is 6.94. The van der Waals surface area contributed by atoms with Gasteiger partial charge in [-0.15, -0.1) is 0 Å². The number of benzene rings is 2. The van der Waals surface area contributed by atoms with E-state index < -0.39 is 10.8 Å². The number of rotatable bonds is 1. The van der Waals surface area contributed by atoms with Crippen molar-refractivity contribution in [3.8, 4) is 11.1 Å². The minimum atomic E-state index is -1.35. The Bertz CT molecular complexity index is 996. The van der Waals surface area contributed by atoms with Crippen LogP contribution in [0.1, 0.15) is 0 Å². The second-order valence-electron chi connectivity index (χ2n) is 5.13. The van der Waals surface area contributed by atoms with E-state index in [-0.39, 0.29) is 5.56 Å². The number of hydrogen-bond acceptors (Lipinski definition) is 3. The van der Waals surface area contributed by atoms with Gasteiger partial charge in [-0.2, -0.15) is 0 Å². The lowest BCUT2D eigenvalue weighted by Crippen LogP contribution is -2.17. The van der Waals surface area contributed by atoms with Crippen LogP contribution in [-0.4, -0.2) is 9.19 Å². The maximum Gasteiger partial charge on any atom is 0.258 e. The van der Waals surface area contributed by atoms with Gasteiger partial charge >= 0.3 is 0 Å². The highest BCUT2D eigenvalue weighted by Gasteiger charge is 2.26. The Morgan fingerprint density at radius 2 is 1.70 bits per heavy atom. The molecule has 2 aromatic carbocycles. The van der Waals surface area contributed by atoms with Crippen LogP contribution in [0.15, 0.2) is 69.3 Å². The van der Waals surface area contributed by atoms with Gasteiger partial charge in [0.25, 0.3) is 5.56 Å². The monoisotopic (exact) mass is 342 g/mol. The molecule has 2 heterocycles. The summed E-state index contributed by atoms with van der Waals surface area (Å²) in [6, 6.07) is 14.4. The highest BCUT2D eigenvalue weighted by Crippen LogP contribution is 2.40. The van der Waals surface area contributed by atoms with E-state index in [2.05, 4.69) is 10.3 Å². The molecule has 1 aliphatic heterocycles. The molecule has 4 rings (SSSR count). The number of aromatic nitrogens is 1. The maximum absolute atomic E-state index is 12.8. The smallest absolute Gasteiger partial charge is 0.258 e. The molecular weight excluding hydrogens is 332 g/mol. The molecule has 6 heteroatoms. The Morgan fingerprint density at radius 1 is 0.957 bits per heavy atom. The van der Waals surface area contributed by atoms with Gasteiger partial charge < -0.3 is 10.3 Å². The molecule has 0 spiro atoms. The summed E-state index contributed by atoms with van der Waals surface area (Å²) < 4.78 is 12.8. The van der Waals surface area contributed by atoms with Gasteiger partial charge in [-0.05, 0) is 29.8 Å². The third-order valence-corrected chi connectivity index (χ3v) is 5.47. The topological polar surface area (TPSA) is 62.0 Å². The zero-order chi connectivity index (χ0) is 16.0. The fourth-order valence-corrected chi connectivity index (χ4v) is 4.05. The summed E-state index contributed by atoms with van der Waals surface area (Å²) in [5, 5.41) is 3.84. The maximum atomic E-state index is 12.8. The normalized spacial score (nSPS) is 15.4. The molecule has 1 aromatic heterocycles. The predicted octanol–water partition coefficient (Wildman–Crippen LogP) is 3.92. The van der Waals surface area contributed by atoms with Gasteiger partial charge in [-0.1, -0.05) is 35.9 Å². The lowest BCUT2D eigenvalue weighted by Gasteiger charge is -2.22. The lowest BCUT2D eigenvalue weighted by atomic mass is 10.1. The zero-order valence-corrected chi connectivity index (χ0v) is 13.4. The van der Waals surface area contributed by atoms with Gasteiger partial charge in [0.15, 0.2) is 0 Å². The van der Waals surface area contributed by atoms with E-state index in [1.165, 1.54) is 6.20 Å². The molecule has 0 bridgehead atoms. The van der Waals surface area contributed by atoms with Crippen molar-refractivity contribution < 1.29 is 4.21 Å². The molecule has 1 unspecified atom stereocenters. The van der Waals surface area contributed by atoms with Crippen LogP contribution in [0.2, 0.25) is 5.02 Å². The van der Waals surface area contributed by atoms with Gasteiger partial charge in [-0.3, -0.25) is 4.79 Å². The van der Waals surface area contributed by atoms with E-state index >= 15 is 0 Å². The molecule has 0 saturated heterocycles. The summed E-state index contributed by atoms with van der Waals surface area (Å²) in [5.41, 5.74) is 2.26. The highest BCUT2D eigenvalue weighted by molar-refractivity contribution is 7.85. The zero-order valence-electron chi connectivity index (χ0n) is 11.8. The van der Waals surface area contributed by atoms with Gasteiger partial charge in [0, 0.05) is 11.2 Å².